The molecular formula is C21H26Cl2N2. The molecule has 1 aliphatic heterocycles. The van der Waals surface area contributed by atoms with Gasteiger partial charge in [0.25, 0.3) is 0 Å². The lowest BCUT2D eigenvalue weighted by atomic mass is 9.94. The largest absolute Gasteiger partial charge is 0.378 e. The Labute approximate surface area is 161 Å². The van der Waals surface area contributed by atoms with Crippen molar-refractivity contribution in [2.75, 3.05) is 18.4 Å². The molecule has 0 unspecified atom stereocenters. The maximum absolute atomic E-state index is 6.41. The lowest BCUT2D eigenvalue weighted by Crippen LogP contribution is -2.36. The minimum absolute atomic E-state index is 0.231. The third-order valence-electron chi connectivity index (χ3n) is 4.92. The van der Waals surface area contributed by atoms with Crippen LogP contribution in [0, 0.1) is 12.8 Å². The fourth-order valence-corrected chi connectivity index (χ4v) is 3.54. The molecule has 1 atom stereocenters. The van der Waals surface area contributed by atoms with Crippen LogP contribution in [0.15, 0.2) is 36.4 Å². The van der Waals surface area contributed by atoms with Crippen LogP contribution in [0.2, 0.25) is 10.0 Å². The molecule has 1 heterocycles. The summed E-state index contributed by atoms with van der Waals surface area (Å²) in [6.07, 6.45) is 1.29. The Bertz CT molecular complexity index is 739. The number of nitrogens with zero attached hydrogens (tertiary/aromatic N) is 1. The van der Waals surface area contributed by atoms with Crippen LogP contribution in [0.4, 0.5) is 5.69 Å². The van der Waals surface area contributed by atoms with E-state index < -0.39 is 0 Å². The Hall–Kier alpha value is -1.22. The van der Waals surface area contributed by atoms with Crippen molar-refractivity contribution in [1.29, 1.82) is 0 Å². The van der Waals surface area contributed by atoms with Crippen LogP contribution >= 0.6 is 23.2 Å². The Balaban J connectivity index is 1.81. The molecule has 0 spiro atoms. The van der Waals surface area contributed by atoms with Gasteiger partial charge in [0, 0.05) is 22.3 Å². The number of anilines is 1. The van der Waals surface area contributed by atoms with E-state index in [0.29, 0.717) is 5.92 Å². The molecule has 1 fully saturated rings. The highest BCUT2D eigenvalue weighted by atomic mass is 35.5. The monoisotopic (exact) mass is 376 g/mol. The van der Waals surface area contributed by atoms with Crippen molar-refractivity contribution in [3.63, 3.8) is 0 Å². The number of nitrogens with one attached hydrogen (secondary N) is 1. The molecule has 0 radical (unpaired) electrons. The van der Waals surface area contributed by atoms with Crippen molar-refractivity contribution in [1.82, 2.24) is 4.90 Å². The van der Waals surface area contributed by atoms with E-state index >= 15 is 0 Å². The molecule has 134 valence electrons. The average molecular weight is 377 g/mol. The van der Waals surface area contributed by atoms with E-state index in [-0.39, 0.29) is 6.04 Å². The van der Waals surface area contributed by atoms with Gasteiger partial charge in [0.1, 0.15) is 0 Å². The number of hydrogen-bond donors (Lipinski definition) is 1. The maximum atomic E-state index is 6.41. The Kier molecular flexibility index (Phi) is 5.93. The Morgan fingerprint density at radius 1 is 1.04 bits per heavy atom. The average Bonchev–Trinajstić information content (AvgIpc) is 2.53. The summed E-state index contributed by atoms with van der Waals surface area (Å²) in [6.45, 7) is 9.80. The van der Waals surface area contributed by atoms with Gasteiger partial charge < -0.3 is 5.32 Å². The summed E-state index contributed by atoms with van der Waals surface area (Å²) < 4.78 is 0. The number of likely N-dealkylation sites (tertiary alicyclic amines) is 1. The van der Waals surface area contributed by atoms with E-state index in [1.54, 1.807) is 0 Å². The molecule has 1 N–H and O–H groups in total. The van der Waals surface area contributed by atoms with Crippen molar-refractivity contribution in [3.05, 3.63) is 63.1 Å². The fraction of sp³-hybridized carbons (Fsp3) is 0.429. The second kappa shape index (κ2) is 7.99. The predicted molar refractivity (Wildman–Crippen MR) is 109 cm³/mol. The SMILES string of the molecule is Cc1cc([C@H](Nc2ccc(Cl)c(CN3CCC3)c2)C(C)C)ccc1Cl. The Morgan fingerprint density at radius 3 is 2.36 bits per heavy atom. The van der Waals surface area contributed by atoms with Gasteiger partial charge in [-0.1, -0.05) is 49.2 Å². The topological polar surface area (TPSA) is 15.3 Å². The van der Waals surface area contributed by atoms with Gasteiger partial charge in [-0.25, -0.2) is 0 Å². The standard InChI is InChI=1S/C21H26Cl2N2/c1-14(2)21(16-5-7-19(22)15(3)11-16)24-18-6-8-20(23)17(12-18)13-25-9-4-10-25/h5-8,11-12,14,21,24H,4,9-10,13H2,1-3H3/t21-/m1/s1. The highest BCUT2D eigenvalue weighted by molar-refractivity contribution is 6.31. The summed E-state index contributed by atoms with van der Waals surface area (Å²) in [6, 6.07) is 12.8. The molecular weight excluding hydrogens is 351 g/mol. The lowest BCUT2D eigenvalue weighted by molar-refractivity contribution is 0.172. The first-order valence-corrected chi connectivity index (χ1v) is 9.73. The molecule has 0 bridgehead atoms. The van der Waals surface area contributed by atoms with Gasteiger partial charge in [-0.05, 0) is 73.3 Å². The molecule has 1 saturated heterocycles. The van der Waals surface area contributed by atoms with Crippen molar-refractivity contribution >= 4 is 28.9 Å². The van der Waals surface area contributed by atoms with E-state index in [1.807, 2.05) is 12.1 Å². The highest BCUT2D eigenvalue weighted by Crippen LogP contribution is 2.31. The van der Waals surface area contributed by atoms with E-state index in [4.69, 9.17) is 23.2 Å². The minimum atomic E-state index is 0.231. The summed E-state index contributed by atoms with van der Waals surface area (Å²) >= 11 is 12.6. The summed E-state index contributed by atoms with van der Waals surface area (Å²) in [7, 11) is 0. The number of rotatable bonds is 6. The Morgan fingerprint density at radius 2 is 1.76 bits per heavy atom. The van der Waals surface area contributed by atoms with Crippen molar-refractivity contribution in [3.8, 4) is 0 Å². The quantitative estimate of drug-likeness (QED) is 0.634. The number of halogens is 2. The number of hydrogen-bond acceptors (Lipinski definition) is 2. The zero-order valence-corrected chi connectivity index (χ0v) is 16.7. The van der Waals surface area contributed by atoms with Crippen molar-refractivity contribution < 1.29 is 0 Å². The summed E-state index contributed by atoms with van der Waals surface area (Å²) in [5.74, 6) is 0.454. The van der Waals surface area contributed by atoms with Crippen LogP contribution in [0.5, 0.6) is 0 Å². The van der Waals surface area contributed by atoms with Gasteiger partial charge in [-0.3, -0.25) is 4.90 Å². The van der Waals surface area contributed by atoms with Gasteiger partial charge in [-0.2, -0.15) is 0 Å². The predicted octanol–water partition coefficient (Wildman–Crippen LogP) is 6.32. The van der Waals surface area contributed by atoms with E-state index in [1.165, 1.54) is 30.6 Å². The molecule has 2 nitrogen and oxygen atoms in total. The molecule has 0 aromatic heterocycles. The van der Waals surface area contributed by atoms with Crippen molar-refractivity contribution in [2.45, 2.75) is 39.8 Å². The lowest BCUT2D eigenvalue weighted by Gasteiger charge is -2.31. The molecule has 0 amide bonds. The molecule has 4 heteroatoms. The molecule has 0 saturated carbocycles. The first-order chi connectivity index (χ1) is 11.9. The van der Waals surface area contributed by atoms with Gasteiger partial charge in [0.2, 0.25) is 0 Å². The van der Waals surface area contributed by atoms with Crippen LogP contribution in [-0.2, 0) is 6.54 Å². The first kappa shape index (κ1) is 18.6. The summed E-state index contributed by atoms with van der Waals surface area (Å²) in [5.41, 5.74) is 4.68. The normalized spacial score (nSPS) is 15.9. The second-order valence-electron chi connectivity index (χ2n) is 7.31. The highest BCUT2D eigenvalue weighted by Gasteiger charge is 2.19. The van der Waals surface area contributed by atoms with Crippen LogP contribution in [-0.4, -0.2) is 18.0 Å². The van der Waals surface area contributed by atoms with Crippen LogP contribution in [0.25, 0.3) is 0 Å². The molecule has 1 aliphatic rings. The molecule has 3 rings (SSSR count). The van der Waals surface area contributed by atoms with Gasteiger partial charge in [0.15, 0.2) is 0 Å². The zero-order valence-electron chi connectivity index (χ0n) is 15.2. The summed E-state index contributed by atoms with van der Waals surface area (Å²) in [5, 5.41) is 5.36. The van der Waals surface area contributed by atoms with E-state index in [9.17, 15) is 0 Å². The molecule has 2 aromatic carbocycles. The smallest absolute Gasteiger partial charge is 0.0536 e. The maximum Gasteiger partial charge on any atom is 0.0536 e. The summed E-state index contributed by atoms with van der Waals surface area (Å²) in [4.78, 5) is 2.42. The number of benzene rings is 2. The van der Waals surface area contributed by atoms with E-state index in [2.05, 4.69) is 55.3 Å². The molecule has 2 aromatic rings. The van der Waals surface area contributed by atoms with Crippen molar-refractivity contribution in [2.24, 2.45) is 5.92 Å². The van der Waals surface area contributed by atoms with Crippen LogP contribution in [0.1, 0.15) is 43.0 Å². The minimum Gasteiger partial charge on any atom is -0.378 e. The third kappa shape index (κ3) is 4.49. The van der Waals surface area contributed by atoms with Crippen LogP contribution in [0.3, 0.4) is 0 Å². The third-order valence-corrected chi connectivity index (χ3v) is 5.71. The molecule has 25 heavy (non-hydrogen) atoms. The zero-order chi connectivity index (χ0) is 18.0. The second-order valence-corrected chi connectivity index (χ2v) is 8.12. The first-order valence-electron chi connectivity index (χ1n) is 8.97. The molecule has 0 aliphatic carbocycles. The van der Waals surface area contributed by atoms with Gasteiger partial charge in [-0.15, -0.1) is 0 Å². The van der Waals surface area contributed by atoms with Gasteiger partial charge >= 0.3 is 0 Å². The van der Waals surface area contributed by atoms with Gasteiger partial charge in [0.05, 0.1) is 6.04 Å². The number of aryl methyl sites for hydroxylation is 1. The van der Waals surface area contributed by atoms with Crippen LogP contribution < -0.4 is 5.32 Å². The fourth-order valence-electron chi connectivity index (χ4n) is 3.24. The van der Waals surface area contributed by atoms with E-state index in [0.717, 1.165) is 27.8 Å².